The van der Waals surface area contributed by atoms with Gasteiger partial charge in [-0.05, 0) is 18.6 Å². The van der Waals surface area contributed by atoms with E-state index in [1.165, 1.54) is 11.7 Å². The van der Waals surface area contributed by atoms with Crippen LogP contribution in [0.2, 0.25) is 0 Å². The average molecular weight is 472 g/mol. The molecule has 0 bridgehead atoms. The van der Waals surface area contributed by atoms with E-state index in [-0.39, 0.29) is 11.5 Å². The van der Waals surface area contributed by atoms with Gasteiger partial charge in [-0.25, -0.2) is 9.79 Å². The number of benzene rings is 2. The first kappa shape index (κ1) is 21.8. The van der Waals surface area contributed by atoms with E-state index in [1.54, 1.807) is 17.9 Å². The van der Waals surface area contributed by atoms with Gasteiger partial charge in [0.15, 0.2) is 4.80 Å². The molecule has 2 aromatic carbocycles. The summed E-state index contributed by atoms with van der Waals surface area (Å²) in [7, 11) is 1.31. The number of thiazole rings is 1. The number of methoxy groups -OCH3 is 1. The van der Waals surface area contributed by atoms with Gasteiger partial charge in [-0.3, -0.25) is 14.2 Å². The van der Waals surface area contributed by atoms with Gasteiger partial charge < -0.3 is 9.64 Å². The van der Waals surface area contributed by atoms with E-state index in [9.17, 15) is 14.4 Å². The lowest BCUT2D eigenvalue weighted by Crippen LogP contribution is -2.40. The molecule has 7 nitrogen and oxygen atoms in total. The highest BCUT2D eigenvalue weighted by Crippen LogP contribution is 2.35. The van der Waals surface area contributed by atoms with Crippen LogP contribution in [0.1, 0.15) is 24.1 Å². The van der Waals surface area contributed by atoms with Crippen LogP contribution < -0.4 is 19.8 Å². The van der Waals surface area contributed by atoms with E-state index in [4.69, 9.17) is 4.74 Å². The number of hydrogen-bond donors (Lipinski definition) is 0. The van der Waals surface area contributed by atoms with E-state index in [1.807, 2.05) is 54.6 Å². The second-order valence-corrected chi connectivity index (χ2v) is 8.88. The van der Waals surface area contributed by atoms with E-state index >= 15 is 0 Å². The maximum absolute atomic E-state index is 13.9. The van der Waals surface area contributed by atoms with Gasteiger partial charge in [0.05, 0.1) is 35.7 Å². The quantitative estimate of drug-likeness (QED) is 0.432. The van der Waals surface area contributed by atoms with E-state index in [0.29, 0.717) is 38.3 Å². The van der Waals surface area contributed by atoms with Crippen molar-refractivity contribution in [1.82, 2.24) is 4.57 Å². The molecule has 1 atom stereocenters. The number of para-hydroxylation sites is 1. The lowest BCUT2D eigenvalue weighted by molar-refractivity contribution is -0.136. The molecule has 0 aliphatic carbocycles. The first-order valence-electron chi connectivity index (χ1n) is 10.7. The van der Waals surface area contributed by atoms with Crippen LogP contribution in [0.5, 0.6) is 0 Å². The summed E-state index contributed by atoms with van der Waals surface area (Å²) in [4.78, 5) is 46.7. The Labute approximate surface area is 199 Å². The SMILES string of the molecule is C=CCN1C(=O)/C(=c2\sc3n(c2=O)C(c2ccccc2)C(C(=O)OC)=C(C)N=3)c2ccccc21. The van der Waals surface area contributed by atoms with Crippen molar-refractivity contribution in [3.63, 3.8) is 0 Å². The Balaban J connectivity index is 1.84. The van der Waals surface area contributed by atoms with Gasteiger partial charge in [0.2, 0.25) is 0 Å². The molecule has 8 heteroatoms. The zero-order valence-corrected chi connectivity index (χ0v) is 19.5. The Bertz CT molecular complexity index is 1560. The van der Waals surface area contributed by atoms with Crippen molar-refractivity contribution >= 4 is 34.5 Å². The number of hydrogen-bond acceptors (Lipinski definition) is 6. The molecule has 2 aliphatic rings. The van der Waals surface area contributed by atoms with E-state index < -0.39 is 12.0 Å². The summed E-state index contributed by atoms with van der Waals surface area (Å²) in [6.45, 7) is 5.81. The van der Waals surface area contributed by atoms with Gasteiger partial charge in [-0.2, -0.15) is 0 Å². The number of carbonyl (C=O) groups is 2. The largest absolute Gasteiger partial charge is 0.466 e. The van der Waals surface area contributed by atoms with Crippen LogP contribution in [0.4, 0.5) is 5.69 Å². The number of anilines is 1. The standard InChI is InChI=1S/C26H21N3O4S/c1-4-14-28-18-13-9-8-12-17(18)20(23(28)30)22-24(31)29-21(16-10-6-5-7-11-16)19(25(32)33-3)15(2)27-26(29)34-22/h4-13,21H,1,14H2,2-3H3/b22-20-. The number of allylic oxidation sites excluding steroid dienone is 1. The molecular weight excluding hydrogens is 450 g/mol. The summed E-state index contributed by atoms with van der Waals surface area (Å²) >= 11 is 1.16. The predicted molar refractivity (Wildman–Crippen MR) is 130 cm³/mol. The van der Waals surface area contributed by atoms with Crippen molar-refractivity contribution in [3.8, 4) is 0 Å². The normalized spacial score (nSPS) is 18.4. The van der Waals surface area contributed by atoms with Crippen molar-refractivity contribution in [1.29, 1.82) is 0 Å². The number of nitrogens with zero attached hydrogens (tertiary/aromatic N) is 3. The summed E-state index contributed by atoms with van der Waals surface area (Å²) < 4.78 is 6.82. The minimum Gasteiger partial charge on any atom is -0.466 e. The minimum atomic E-state index is -0.713. The van der Waals surface area contributed by atoms with Gasteiger partial charge >= 0.3 is 5.97 Å². The van der Waals surface area contributed by atoms with Gasteiger partial charge in [-0.1, -0.05) is 65.9 Å². The molecule has 0 spiro atoms. The Hall–Kier alpha value is -4.04. The number of carbonyl (C=O) groups excluding carboxylic acids is 2. The van der Waals surface area contributed by atoms with Crippen LogP contribution in [0.15, 0.2) is 88.3 Å². The second-order valence-electron chi connectivity index (χ2n) is 7.90. The zero-order valence-electron chi connectivity index (χ0n) is 18.6. The number of ether oxygens (including phenoxy) is 1. The monoisotopic (exact) mass is 471 g/mol. The molecule has 1 aromatic heterocycles. The first-order chi connectivity index (χ1) is 16.5. The average Bonchev–Trinajstić information content (AvgIpc) is 3.31. The first-order valence-corrected chi connectivity index (χ1v) is 11.5. The van der Waals surface area contributed by atoms with Crippen molar-refractivity contribution in [2.75, 3.05) is 18.6 Å². The lowest BCUT2D eigenvalue weighted by Gasteiger charge is -2.24. The third-order valence-electron chi connectivity index (χ3n) is 5.98. The molecule has 0 fully saturated rings. The molecule has 34 heavy (non-hydrogen) atoms. The van der Waals surface area contributed by atoms with Crippen molar-refractivity contribution in [2.45, 2.75) is 13.0 Å². The van der Waals surface area contributed by atoms with Crippen LogP contribution >= 0.6 is 11.3 Å². The Kier molecular flexibility index (Phi) is 5.37. The maximum atomic E-state index is 13.9. The number of rotatable bonds is 4. The highest BCUT2D eigenvalue weighted by atomic mass is 32.1. The van der Waals surface area contributed by atoms with Gasteiger partial charge in [0.25, 0.3) is 11.5 Å². The second kappa shape index (κ2) is 8.39. The molecule has 5 rings (SSSR count). The van der Waals surface area contributed by atoms with Crippen LogP contribution in [0, 0.1) is 0 Å². The van der Waals surface area contributed by atoms with Crippen molar-refractivity contribution in [3.05, 3.63) is 109 Å². The molecule has 3 heterocycles. The molecule has 0 saturated carbocycles. The van der Waals surface area contributed by atoms with Crippen LogP contribution in [0.3, 0.4) is 0 Å². The highest BCUT2D eigenvalue weighted by Gasteiger charge is 2.36. The van der Waals surface area contributed by atoms with Crippen LogP contribution in [-0.4, -0.2) is 30.1 Å². The summed E-state index contributed by atoms with van der Waals surface area (Å²) in [6.07, 6.45) is 1.65. The topological polar surface area (TPSA) is 81.0 Å². The number of aromatic nitrogens is 1. The van der Waals surface area contributed by atoms with E-state index in [0.717, 1.165) is 22.6 Å². The van der Waals surface area contributed by atoms with Crippen molar-refractivity contribution < 1.29 is 14.3 Å². The summed E-state index contributed by atoms with van der Waals surface area (Å²) in [5, 5.41) is 0. The lowest BCUT2D eigenvalue weighted by atomic mass is 9.96. The Morgan fingerprint density at radius 2 is 1.85 bits per heavy atom. The molecule has 1 unspecified atom stereocenters. The highest BCUT2D eigenvalue weighted by molar-refractivity contribution is 7.07. The Morgan fingerprint density at radius 1 is 1.15 bits per heavy atom. The molecule has 170 valence electrons. The molecule has 3 aromatic rings. The smallest absolute Gasteiger partial charge is 0.338 e. The molecule has 2 aliphatic heterocycles. The third-order valence-corrected chi connectivity index (χ3v) is 7.03. The molecule has 1 amide bonds. The third kappa shape index (κ3) is 3.18. The zero-order chi connectivity index (χ0) is 24.0. The number of fused-ring (bicyclic) bond motifs is 2. The summed E-state index contributed by atoms with van der Waals surface area (Å²) in [5.74, 6) is -0.806. The Morgan fingerprint density at radius 3 is 2.56 bits per heavy atom. The van der Waals surface area contributed by atoms with Gasteiger partial charge in [0, 0.05) is 12.1 Å². The predicted octanol–water partition coefficient (Wildman–Crippen LogP) is 2.31. The molecule has 0 N–H and O–H groups in total. The fourth-order valence-corrected chi connectivity index (χ4v) is 5.64. The van der Waals surface area contributed by atoms with Gasteiger partial charge in [-0.15, -0.1) is 6.58 Å². The molecule has 0 radical (unpaired) electrons. The van der Waals surface area contributed by atoms with Gasteiger partial charge in [0.1, 0.15) is 4.53 Å². The summed E-state index contributed by atoms with van der Waals surface area (Å²) in [5.41, 5.74) is 2.92. The molecular formula is C26H21N3O4S. The number of amides is 1. The number of esters is 1. The fraction of sp³-hybridized carbons (Fsp3) is 0.154. The van der Waals surface area contributed by atoms with Crippen molar-refractivity contribution in [2.24, 2.45) is 4.99 Å². The van der Waals surface area contributed by atoms with Crippen LogP contribution in [0.25, 0.3) is 5.57 Å². The molecule has 0 saturated heterocycles. The fourth-order valence-electron chi connectivity index (χ4n) is 4.50. The van der Waals surface area contributed by atoms with Crippen LogP contribution in [-0.2, 0) is 14.3 Å². The summed E-state index contributed by atoms with van der Waals surface area (Å²) in [6, 6.07) is 16.0. The minimum absolute atomic E-state index is 0.258. The maximum Gasteiger partial charge on any atom is 0.338 e. The van der Waals surface area contributed by atoms with E-state index in [2.05, 4.69) is 11.6 Å².